The van der Waals surface area contributed by atoms with Gasteiger partial charge in [-0.05, 0) is 37.5 Å². The number of hydrogen-bond donors (Lipinski definition) is 1. The van der Waals surface area contributed by atoms with E-state index >= 15 is 0 Å². The molecule has 0 heterocycles. The Morgan fingerprint density at radius 2 is 1.76 bits per heavy atom. The molecule has 2 N–H and O–H groups in total. The molecule has 1 aliphatic carbocycles. The number of benzene rings is 1. The second-order valence-electron chi connectivity index (χ2n) is 5.81. The zero-order valence-corrected chi connectivity index (χ0v) is 14.2. The Hall–Kier alpha value is -0.780. The molecule has 118 valence electrons. The van der Waals surface area contributed by atoms with E-state index in [0.29, 0.717) is 16.3 Å². The summed E-state index contributed by atoms with van der Waals surface area (Å²) in [5.41, 5.74) is 6.71. The van der Waals surface area contributed by atoms with Gasteiger partial charge in [-0.25, -0.2) is 8.42 Å². The number of halogens is 1. The van der Waals surface area contributed by atoms with Gasteiger partial charge in [0.25, 0.3) is 0 Å². The number of nitrogens with two attached hydrogens (primary N) is 1. The molecule has 1 aromatic carbocycles. The SMILES string of the molecule is Cc1cc(Cl)c(N)cc1S(=O)(=O)N(C)C1CCCCCC1. The van der Waals surface area contributed by atoms with Crippen molar-refractivity contribution in [2.75, 3.05) is 12.8 Å². The van der Waals surface area contributed by atoms with E-state index in [1.54, 1.807) is 20.0 Å². The number of anilines is 1. The van der Waals surface area contributed by atoms with Crippen molar-refractivity contribution in [1.82, 2.24) is 4.31 Å². The van der Waals surface area contributed by atoms with Crippen LogP contribution in [0.5, 0.6) is 0 Å². The molecule has 2 rings (SSSR count). The summed E-state index contributed by atoms with van der Waals surface area (Å²) in [6.07, 6.45) is 6.42. The minimum absolute atomic E-state index is 0.0776. The maximum Gasteiger partial charge on any atom is 0.243 e. The molecular formula is C15H23ClN2O2S. The van der Waals surface area contributed by atoms with Crippen LogP contribution in [0.2, 0.25) is 5.02 Å². The van der Waals surface area contributed by atoms with Crippen LogP contribution in [0.4, 0.5) is 5.69 Å². The molecule has 0 bridgehead atoms. The lowest BCUT2D eigenvalue weighted by atomic mass is 10.1. The summed E-state index contributed by atoms with van der Waals surface area (Å²) in [4.78, 5) is 0.260. The lowest BCUT2D eigenvalue weighted by Gasteiger charge is -2.27. The van der Waals surface area contributed by atoms with Gasteiger partial charge >= 0.3 is 0 Å². The van der Waals surface area contributed by atoms with Crippen LogP contribution in [0, 0.1) is 6.92 Å². The predicted molar refractivity (Wildman–Crippen MR) is 87.0 cm³/mol. The van der Waals surface area contributed by atoms with Crippen molar-refractivity contribution in [1.29, 1.82) is 0 Å². The Kier molecular flexibility index (Phi) is 5.17. The van der Waals surface area contributed by atoms with Crippen LogP contribution < -0.4 is 5.73 Å². The van der Waals surface area contributed by atoms with Crippen LogP contribution in [0.15, 0.2) is 17.0 Å². The topological polar surface area (TPSA) is 63.4 Å². The Labute approximate surface area is 132 Å². The van der Waals surface area contributed by atoms with E-state index in [-0.39, 0.29) is 10.9 Å². The highest BCUT2D eigenvalue weighted by Crippen LogP contribution is 2.30. The van der Waals surface area contributed by atoms with Gasteiger partial charge in [0.05, 0.1) is 15.6 Å². The first-order valence-corrected chi connectivity index (χ1v) is 9.19. The molecule has 1 saturated carbocycles. The monoisotopic (exact) mass is 330 g/mol. The summed E-state index contributed by atoms with van der Waals surface area (Å²) < 4.78 is 27.2. The molecule has 0 aromatic heterocycles. The van der Waals surface area contributed by atoms with Crippen molar-refractivity contribution < 1.29 is 8.42 Å². The molecule has 0 aliphatic heterocycles. The van der Waals surface area contributed by atoms with Crippen LogP contribution in [-0.2, 0) is 10.0 Å². The number of rotatable bonds is 3. The van der Waals surface area contributed by atoms with Crippen molar-refractivity contribution in [2.45, 2.75) is 56.4 Å². The highest BCUT2D eigenvalue weighted by Gasteiger charge is 2.30. The van der Waals surface area contributed by atoms with Crippen molar-refractivity contribution in [2.24, 2.45) is 0 Å². The average Bonchev–Trinajstić information content (AvgIpc) is 2.70. The maximum atomic E-state index is 12.9. The molecule has 0 amide bonds. The maximum absolute atomic E-state index is 12.9. The third-order valence-electron chi connectivity index (χ3n) is 4.29. The van der Waals surface area contributed by atoms with Gasteiger partial charge in [0.1, 0.15) is 0 Å². The highest BCUT2D eigenvalue weighted by atomic mass is 35.5. The fraction of sp³-hybridized carbons (Fsp3) is 0.600. The first kappa shape index (κ1) is 16.6. The van der Waals surface area contributed by atoms with Gasteiger partial charge in [-0.15, -0.1) is 0 Å². The van der Waals surface area contributed by atoms with Gasteiger partial charge in [0.2, 0.25) is 10.0 Å². The van der Waals surface area contributed by atoms with Gasteiger partial charge in [-0.3, -0.25) is 0 Å². The second kappa shape index (κ2) is 6.55. The zero-order chi connectivity index (χ0) is 15.6. The molecule has 4 nitrogen and oxygen atoms in total. The molecule has 0 saturated heterocycles. The number of aryl methyl sites for hydroxylation is 1. The van der Waals surface area contributed by atoms with Crippen molar-refractivity contribution >= 4 is 27.3 Å². The van der Waals surface area contributed by atoms with E-state index in [4.69, 9.17) is 17.3 Å². The Balaban J connectivity index is 2.34. The van der Waals surface area contributed by atoms with Crippen LogP contribution in [0.25, 0.3) is 0 Å². The molecule has 0 unspecified atom stereocenters. The van der Waals surface area contributed by atoms with Crippen LogP contribution in [0.1, 0.15) is 44.1 Å². The van der Waals surface area contributed by atoms with Crippen molar-refractivity contribution in [3.05, 3.63) is 22.7 Å². The van der Waals surface area contributed by atoms with Crippen molar-refractivity contribution in [3.8, 4) is 0 Å². The average molecular weight is 331 g/mol. The minimum Gasteiger partial charge on any atom is -0.397 e. The van der Waals surface area contributed by atoms with E-state index < -0.39 is 10.0 Å². The van der Waals surface area contributed by atoms with E-state index in [9.17, 15) is 8.42 Å². The van der Waals surface area contributed by atoms with Crippen LogP contribution in [0.3, 0.4) is 0 Å². The number of nitrogens with zero attached hydrogens (tertiary/aromatic N) is 1. The van der Waals surface area contributed by atoms with Gasteiger partial charge < -0.3 is 5.73 Å². The zero-order valence-electron chi connectivity index (χ0n) is 12.6. The molecule has 0 atom stereocenters. The fourth-order valence-corrected chi connectivity index (χ4v) is 4.79. The van der Waals surface area contributed by atoms with Gasteiger partial charge in [-0.2, -0.15) is 4.31 Å². The Morgan fingerprint density at radius 1 is 1.19 bits per heavy atom. The Bertz CT molecular complexity index is 608. The number of nitrogen functional groups attached to an aromatic ring is 1. The summed E-state index contributed by atoms with van der Waals surface area (Å²) in [5, 5.41) is 0.392. The molecule has 1 aromatic rings. The Morgan fingerprint density at radius 3 is 2.33 bits per heavy atom. The van der Waals surface area contributed by atoms with E-state index in [1.807, 2.05) is 0 Å². The van der Waals surface area contributed by atoms with Crippen molar-refractivity contribution in [3.63, 3.8) is 0 Å². The number of hydrogen-bond acceptors (Lipinski definition) is 3. The van der Waals surface area contributed by atoms with E-state index in [0.717, 1.165) is 25.7 Å². The third kappa shape index (κ3) is 3.52. The predicted octanol–water partition coefficient (Wildman–Crippen LogP) is 3.57. The van der Waals surface area contributed by atoms with E-state index in [1.165, 1.54) is 23.2 Å². The normalized spacial score (nSPS) is 17.9. The van der Waals surface area contributed by atoms with Crippen LogP contribution >= 0.6 is 11.6 Å². The number of sulfonamides is 1. The lowest BCUT2D eigenvalue weighted by Crippen LogP contribution is -2.37. The minimum atomic E-state index is -3.53. The summed E-state index contributed by atoms with van der Waals surface area (Å²) in [6, 6.07) is 3.17. The third-order valence-corrected chi connectivity index (χ3v) is 6.67. The summed E-state index contributed by atoms with van der Waals surface area (Å²) >= 11 is 5.95. The summed E-state index contributed by atoms with van der Waals surface area (Å²) in [5.74, 6) is 0. The highest BCUT2D eigenvalue weighted by molar-refractivity contribution is 7.89. The standard InChI is InChI=1S/C15H23ClN2O2S/c1-11-9-13(16)14(17)10-15(11)21(19,20)18(2)12-7-5-3-4-6-8-12/h9-10,12H,3-8,17H2,1-2H3. The van der Waals surface area contributed by atoms with Gasteiger partial charge in [0, 0.05) is 13.1 Å². The molecule has 21 heavy (non-hydrogen) atoms. The molecule has 6 heteroatoms. The van der Waals surface area contributed by atoms with E-state index in [2.05, 4.69) is 0 Å². The quantitative estimate of drug-likeness (QED) is 0.680. The first-order chi connectivity index (χ1) is 9.84. The van der Waals surface area contributed by atoms with Crippen LogP contribution in [-0.4, -0.2) is 25.8 Å². The summed E-state index contributed by atoms with van der Waals surface area (Å²) in [7, 11) is -1.85. The molecule has 1 aliphatic rings. The molecule has 0 radical (unpaired) electrons. The van der Waals surface area contributed by atoms with Gasteiger partial charge in [-0.1, -0.05) is 37.3 Å². The second-order valence-corrected chi connectivity index (χ2v) is 8.18. The molecular weight excluding hydrogens is 308 g/mol. The molecule has 0 spiro atoms. The lowest BCUT2D eigenvalue weighted by molar-refractivity contribution is 0.335. The largest absolute Gasteiger partial charge is 0.397 e. The summed E-state index contributed by atoms with van der Waals surface area (Å²) in [6.45, 7) is 1.75. The first-order valence-electron chi connectivity index (χ1n) is 7.37. The fourth-order valence-electron chi connectivity index (χ4n) is 2.92. The molecule has 1 fully saturated rings. The smallest absolute Gasteiger partial charge is 0.243 e. The van der Waals surface area contributed by atoms with Gasteiger partial charge in [0.15, 0.2) is 0 Å².